The maximum Gasteiger partial charge on any atom is 0.244 e. The van der Waals surface area contributed by atoms with Crippen LogP contribution in [0.4, 0.5) is 0 Å². The minimum absolute atomic E-state index is 0.164. The Morgan fingerprint density at radius 2 is 2.11 bits per heavy atom. The Balaban J connectivity index is 2.37. The second kappa shape index (κ2) is 5.65. The summed E-state index contributed by atoms with van der Waals surface area (Å²) in [6, 6.07) is 5.40. The molecule has 2 heterocycles. The van der Waals surface area contributed by atoms with Gasteiger partial charge in [0.1, 0.15) is 0 Å². The molecule has 0 saturated heterocycles. The molecule has 2 aromatic rings. The number of hydrogen-bond donors (Lipinski definition) is 0. The summed E-state index contributed by atoms with van der Waals surface area (Å²) in [5.74, 6) is 0. The van der Waals surface area contributed by atoms with E-state index in [1.807, 2.05) is 31.4 Å². The Labute approximate surface area is 130 Å². The van der Waals surface area contributed by atoms with Gasteiger partial charge in [-0.25, -0.2) is 8.42 Å². The van der Waals surface area contributed by atoms with Crippen LogP contribution in [0.5, 0.6) is 0 Å². The molecule has 0 aromatic carbocycles. The minimum atomic E-state index is -3.45. The molecule has 0 fully saturated rings. The molecule has 2 aromatic heterocycles. The molecule has 0 amide bonds. The Hall–Kier alpha value is -0.210. The third-order valence-electron chi connectivity index (χ3n) is 3.00. The predicted octanol–water partition coefficient (Wildman–Crippen LogP) is 4.26. The van der Waals surface area contributed by atoms with E-state index in [-0.39, 0.29) is 6.04 Å². The molecule has 7 heteroatoms. The van der Waals surface area contributed by atoms with Gasteiger partial charge in [-0.1, -0.05) is 6.07 Å². The first-order valence-corrected chi connectivity index (χ1v) is 9.54. The highest BCUT2D eigenvalue weighted by Gasteiger charge is 2.29. The zero-order valence-corrected chi connectivity index (χ0v) is 14.8. The monoisotopic (exact) mass is 379 g/mol. The van der Waals surface area contributed by atoms with Crippen LogP contribution in [0.1, 0.15) is 22.7 Å². The Kier molecular flexibility index (Phi) is 4.52. The number of thiophene rings is 2. The van der Waals surface area contributed by atoms with Crippen molar-refractivity contribution in [2.45, 2.75) is 24.8 Å². The van der Waals surface area contributed by atoms with E-state index in [4.69, 9.17) is 0 Å². The van der Waals surface area contributed by atoms with Crippen molar-refractivity contribution in [3.05, 3.63) is 37.1 Å². The van der Waals surface area contributed by atoms with E-state index in [0.717, 1.165) is 13.5 Å². The number of nitrogens with zero attached hydrogens (tertiary/aromatic N) is 1. The van der Waals surface area contributed by atoms with Gasteiger partial charge in [0.05, 0.1) is 14.7 Å². The molecule has 19 heavy (non-hydrogen) atoms. The van der Waals surface area contributed by atoms with E-state index in [9.17, 15) is 8.42 Å². The fraction of sp³-hybridized carbons (Fsp3) is 0.333. The number of rotatable bonds is 4. The zero-order chi connectivity index (χ0) is 14.2. The lowest BCUT2D eigenvalue weighted by atomic mass is 10.3. The van der Waals surface area contributed by atoms with Crippen molar-refractivity contribution in [1.29, 1.82) is 0 Å². The zero-order valence-electron chi connectivity index (χ0n) is 10.8. The normalized spacial score (nSPS) is 13.9. The van der Waals surface area contributed by atoms with Gasteiger partial charge in [0.25, 0.3) is 0 Å². The molecule has 1 atom stereocenters. The van der Waals surface area contributed by atoms with Gasteiger partial charge in [-0.2, -0.15) is 4.31 Å². The summed E-state index contributed by atoms with van der Waals surface area (Å²) in [7, 11) is -1.82. The summed E-state index contributed by atoms with van der Waals surface area (Å²) in [5.41, 5.74) is 0. The quantitative estimate of drug-likeness (QED) is 0.795. The first kappa shape index (κ1) is 15.2. The van der Waals surface area contributed by atoms with Crippen molar-refractivity contribution in [1.82, 2.24) is 4.31 Å². The molecule has 3 nitrogen and oxygen atoms in total. The lowest BCUT2D eigenvalue weighted by Gasteiger charge is -2.23. The SMILES string of the molecule is Cc1sc(Br)cc1S(=O)(=O)N(C)C(C)c1cccs1. The maximum absolute atomic E-state index is 12.6. The Morgan fingerprint density at radius 3 is 2.58 bits per heavy atom. The third-order valence-corrected chi connectivity index (χ3v) is 7.78. The second-order valence-corrected chi connectivity index (χ2v) is 9.76. The van der Waals surface area contributed by atoms with Crippen molar-refractivity contribution >= 4 is 48.6 Å². The van der Waals surface area contributed by atoms with Crippen molar-refractivity contribution in [2.75, 3.05) is 7.05 Å². The number of hydrogen-bond acceptors (Lipinski definition) is 4. The molecule has 0 aliphatic rings. The fourth-order valence-corrected chi connectivity index (χ4v) is 6.37. The lowest BCUT2D eigenvalue weighted by Crippen LogP contribution is -2.29. The molecule has 0 radical (unpaired) electrons. The van der Waals surface area contributed by atoms with Gasteiger partial charge >= 0.3 is 0 Å². The molecular formula is C12H14BrNO2S3. The molecule has 104 valence electrons. The third kappa shape index (κ3) is 2.95. The lowest BCUT2D eigenvalue weighted by molar-refractivity contribution is 0.403. The fourth-order valence-electron chi connectivity index (χ4n) is 1.76. The average Bonchev–Trinajstić information content (AvgIpc) is 2.96. The Bertz CT molecular complexity index is 661. The molecule has 0 spiro atoms. The van der Waals surface area contributed by atoms with Crippen molar-refractivity contribution in [2.24, 2.45) is 0 Å². The molecule has 0 aliphatic carbocycles. The summed E-state index contributed by atoms with van der Waals surface area (Å²) in [4.78, 5) is 2.23. The average molecular weight is 380 g/mol. The van der Waals surface area contributed by atoms with Crippen LogP contribution in [-0.2, 0) is 10.0 Å². The maximum atomic E-state index is 12.6. The Morgan fingerprint density at radius 1 is 1.42 bits per heavy atom. The molecule has 0 saturated carbocycles. The van der Waals surface area contributed by atoms with E-state index in [1.165, 1.54) is 15.6 Å². The molecule has 0 bridgehead atoms. The molecule has 0 N–H and O–H groups in total. The van der Waals surface area contributed by atoms with Gasteiger partial charge in [0, 0.05) is 16.8 Å². The van der Waals surface area contributed by atoms with Gasteiger partial charge in [-0.15, -0.1) is 22.7 Å². The molecule has 0 aliphatic heterocycles. The first-order chi connectivity index (χ1) is 8.84. The van der Waals surface area contributed by atoms with Crippen LogP contribution in [0.25, 0.3) is 0 Å². The van der Waals surface area contributed by atoms with Gasteiger partial charge in [0.2, 0.25) is 10.0 Å². The molecule has 1 unspecified atom stereocenters. The molecule has 2 rings (SSSR count). The van der Waals surface area contributed by atoms with Crippen LogP contribution in [0.15, 0.2) is 32.3 Å². The van der Waals surface area contributed by atoms with Crippen LogP contribution in [0.3, 0.4) is 0 Å². The highest BCUT2D eigenvalue weighted by Crippen LogP contribution is 2.34. The highest BCUT2D eigenvalue weighted by molar-refractivity contribution is 9.11. The second-order valence-electron chi connectivity index (χ2n) is 4.18. The van der Waals surface area contributed by atoms with Crippen molar-refractivity contribution < 1.29 is 8.42 Å². The summed E-state index contributed by atoms with van der Waals surface area (Å²) < 4.78 is 27.5. The van der Waals surface area contributed by atoms with E-state index < -0.39 is 10.0 Å². The van der Waals surface area contributed by atoms with Gasteiger partial charge in [-0.05, 0) is 47.3 Å². The smallest absolute Gasteiger partial charge is 0.207 e. The first-order valence-electron chi connectivity index (χ1n) is 5.61. The highest BCUT2D eigenvalue weighted by atomic mass is 79.9. The van der Waals surface area contributed by atoms with E-state index in [2.05, 4.69) is 15.9 Å². The standard InChI is InChI=1S/C12H14BrNO2S3/c1-8(10-5-4-6-17-10)14(3)19(15,16)11-7-12(13)18-9(11)2/h4-8H,1-3H3. The summed E-state index contributed by atoms with van der Waals surface area (Å²) in [6.45, 7) is 3.73. The minimum Gasteiger partial charge on any atom is -0.207 e. The van der Waals surface area contributed by atoms with Gasteiger partial charge in [-0.3, -0.25) is 0 Å². The van der Waals surface area contributed by atoms with E-state index >= 15 is 0 Å². The summed E-state index contributed by atoms with van der Waals surface area (Å²) in [5, 5.41) is 1.96. The predicted molar refractivity (Wildman–Crippen MR) is 84.4 cm³/mol. The van der Waals surface area contributed by atoms with Crippen LogP contribution in [0, 0.1) is 6.92 Å². The number of aryl methyl sites for hydroxylation is 1. The number of sulfonamides is 1. The summed E-state index contributed by atoms with van der Waals surface area (Å²) in [6.07, 6.45) is 0. The number of halogens is 1. The van der Waals surface area contributed by atoms with Crippen molar-refractivity contribution in [3.8, 4) is 0 Å². The van der Waals surface area contributed by atoms with Crippen LogP contribution < -0.4 is 0 Å². The van der Waals surface area contributed by atoms with Crippen molar-refractivity contribution in [3.63, 3.8) is 0 Å². The summed E-state index contributed by atoms with van der Waals surface area (Å²) >= 11 is 6.34. The van der Waals surface area contributed by atoms with Gasteiger partial charge < -0.3 is 0 Å². The topological polar surface area (TPSA) is 37.4 Å². The molecular weight excluding hydrogens is 366 g/mol. The van der Waals surface area contributed by atoms with Gasteiger partial charge in [0.15, 0.2) is 0 Å². The van der Waals surface area contributed by atoms with Crippen LogP contribution >= 0.6 is 38.6 Å². The largest absolute Gasteiger partial charge is 0.244 e. The van der Waals surface area contributed by atoms with Crippen LogP contribution in [0.2, 0.25) is 0 Å². The van der Waals surface area contributed by atoms with Crippen LogP contribution in [-0.4, -0.2) is 19.8 Å². The van der Waals surface area contributed by atoms with E-state index in [1.54, 1.807) is 24.5 Å². The van der Waals surface area contributed by atoms with E-state index in [0.29, 0.717) is 4.90 Å².